The lowest BCUT2D eigenvalue weighted by atomic mass is 9.83. The monoisotopic (exact) mass is 478 g/mol. The number of hydrogen-bond donors (Lipinski definition) is 2. The fourth-order valence-corrected chi connectivity index (χ4v) is 5.84. The number of pyridine rings is 1. The third-order valence-electron chi connectivity index (χ3n) is 7.62. The van der Waals surface area contributed by atoms with E-state index in [1.807, 2.05) is 35.2 Å². The average molecular weight is 479 g/mol. The molecule has 1 saturated carbocycles. The second kappa shape index (κ2) is 10.1. The van der Waals surface area contributed by atoms with Crippen molar-refractivity contribution >= 4 is 17.6 Å². The number of likely N-dealkylation sites (tertiary alicyclic amines) is 1. The van der Waals surface area contributed by atoms with Crippen LogP contribution in [0.25, 0.3) is 0 Å². The molecule has 3 heterocycles. The van der Waals surface area contributed by atoms with Gasteiger partial charge >= 0.3 is 6.03 Å². The van der Waals surface area contributed by atoms with Crippen LogP contribution in [0.1, 0.15) is 55.7 Å². The van der Waals surface area contributed by atoms with Crippen LogP contribution in [0.15, 0.2) is 41.2 Å². The SMILES string of the molecule is COc1ccc(CC(=O)Nc2ccc3n(c2=O)CC2CC3CN(C(=O)NC3CCCCC3)C2)cc1. The molecule has 2 bridgehead atoms. The predicted octanol–water partition coefficient (Wildman–Crippen LogP) is 3.50. The highest BCUT2D eigenvalue weighted by atomic mass is 16.5. The molecular weight excluding hydrogens is 444 g/mol. The van der Waals surface area contributed by atoms with E-state index in [0.29, 0.717) is 25.3 Å². The fourth-order valence-electron chi connectivity index (χ4n) is 5.84. The lowest BCUT2D eigenvalue weighted by molar-refractivity contribution is -0.115. The first kappa shape index (κ1) is 23.5. The number of urea groups is 1. The molecule has 2 aliphatic heterocycles. The fraction of sp³-hybridized carbons (Fsp3) is 0.519. The van der Waals surface area contributed by atoms with Crippen molar-refractivity contribution in [1.82, 2.24) is 14.8 Å². The summed E-state index contributed by atoms with van der Waals surface area (Å²) in [5.41, 5.74) is 1.94. The second-order valence-corrected chi connectivity index (χ2v) is 10.1. The zero-order valence-electron chi connectivity index (χ0n) is 20.3. The molecule has 186 valence electrons. The van der Waals surface area contributed by atoms with E-state index in [-0.39, 0.29) is 41.8 Å². The first-order chi connectivity index (χ1) is 17.0. The number of nitrogens with zero attached hydrogens (tertiary/aromatic N) is 2. The molecule has 0 spiro atoms. The largest absolute Gasteiger partial charge is 0.497 e. The van der Waals surface area contributed by atoms with Crippen LogP contribution < -0.4 is 20.9 Å². The van der Waals surface area contributed by atoms with E-state index in [4.69, 9.17) is 4.74 Å². The molecule has 5 rings (SSSR count). The van der Waals surface area contributed by atoms with E-state index < -0.39 is 0 Å². The van der Waals surface area contributed by atoms with Crippen LogP contribution in [0, 0.1) is 5.92 Å². The summed E-state index contributed by atoms with van der Waals surface area (Å²) >= 11 is 0. The van der Waals surface area contributed by atoms with Crippen molar-refractivity contribution in [2.24, 2.45) is 5.92 Å². The zero-order chi connectivity index (χ0) is 24.4. The molecule has 3 aliphatic rings. The Hall–Kier alpha value is -3.29. The minimum Gasteiger partial charge on any atom is -0.497 e. The molecule has 35 heavy (non-hydrogen) atoms. The van der Waals surface area contributed by atoms with Gasteiger partial charge in [-0.2, -0.15) is 0 Å². The van der Waals surface area contributed by atoms with Gasteiger partial charge in [-0.15, -0.1) is 0 Å². The maximum absolute atomic E-state index is 13.2. The highest BCUT2D eigenvalue weighted by molar-refractivity contribution is 5.92. The summed E-state index contributed by atoms with van der Waals surface area (Å²) < 4.78 is 6.96. The van der Waals surface area contributed by atoms with Gasteiger partial charge in [-0.05, 0) is 55.0 Å². The molecule has 1 aromatic heterocycles. The van der Waals surface area contributed by atoms with Gasteiger partial charge in [0.25, 0.3) is 5.56 Å². The van der Waals surface area contributed by atoms with E-state index in [0.717, 1.165) is 36.3 Å². The van der Waals surface area contributed by atoms with Crippen molar-refractivity contribution in [2.45, 2.75) is 63.5 Å². The van der Waals surface area contributed by atoms with Crippen LogP contribution in [0.3, 0.4) is 0 Å². The van der Waals surface area contributed by atoms with E-state index in [1.54, 1.807) is 17.7 Å². The van der Waals surface area contributed by atoms with Gasteiger partial charge in [-0.25, -0.2) is 4.79 Å². The van der Waals surface area contributed by atoms with Gasteiger partial charge in [0.2, 0.25) is 5.91 Å². The summed E-state index contributed by atoms with van der Waals surface area (Å²) in [6.07, 6.45) is 6.93. The summed E-state index contributed by atoms with van der Waals surface area (Å²) in [6.45, 7) is 1.85. The Kier molecular flexibility index (Phi) is 6.79. The quantitative estimate of drug-likeness (QED) is 0.688. The van der Waals surface area contributed by atoms with Crippen molar-refractivity contribution in [3.05, 3.63) is 58.0 Å². The van der Waals surface area contributed by atoms with Gasteiger partial charge in [-0.1, -0.05) is 31.4 Å². The third kappa shape index (κ3) is 5.21. The summed E-state index contributed by atoms with van der Waals surface area (Å²) in [7, 11) is 1.60. The number of rotatable bonds is 5. The van der Waals surface area contributed by atoms with Gasteiger partial charge in [0, 0.05) is 37.3 Å². The van der Waals surface area contributed by atoms with Crippen LogP contribution in [0.2, 0.25) is 0 Å². The number of hydrogen-bond acceptors (Lipinski definition) is 4. The molecule has 1 saturated heterocycles. The lowest BCUT2D eigenvalue weighted by Gasteiger charge is -2.43. The number of carbonyl (C=O) groups excluding carboxylic acids is 2. The van der Waals surface area contributed by atoms with Gasteiger partial charge in [-0.3, -0.25) is 9.59 Å². The summed E-state index contributed by atoms with van der Waals surface area (Å²) in [5, 5.41) is 6.03. The number of benzene rings is 1. The zero-order valence-corrected chi connectivity index (χ0v) is 20.3. The third-order valence-corrected chi connectivity index (χ3v) is 7.62. The number of methoxy groups -OCH3 is 1. The number of amides is 3. The van der Waals surface area contributed by atoms with E-state index in [9.17, 15) is 14.4 Å². The molecule has 2 unspecified atom stereocenters. The number of nitrogens with one attached hydrogen (secondary N) is 2. The number of carbonyl (C=O) groups is 2. The molecular formula is C27H34N4O4. The highest BCUT2D eigenvalue weighted by Gasteiger charge is 2.37. The Labute approximate surface area is 205 Å². The molecule has 1 aromatic carbocycles. The summed E-state index contributed by atoms with van der Waals surface area (Å²) in [4.78, 5) is 40.7. The first-order valence-corrected chi connectivity index (χ1v) is 12.7. The molecule has 8 nitrogen and oxygen atoms in total. The number of fused-ring (bicyclic) bond motifs is 4. The van der Waals surface area contributed by atoms with Crippen LogP contribution in [0.5, 0.6) is 5.75 Å². The van der Waals surface area contributed by atoms with Gasteiger partial charge in [0.05, 0.1) is 13.5 Å². The van der Waals surface area contributed by atoms with Crippen LogP contribution >= 0.6 is 0 Å². The van der Waals surface area contributed by atoms with Crippen molar-refractivity contribution < 1.29 is 14.3 Å². The molecule has 8 heteroatoms. The number of aromatic nitrogens is 1. The first-order valence-electron chi connectivity index (χ1n) is 12.7. The normalized spacial score (nSPS) is 21.7. The van der Waals surface area contributed by atoms with E-state index in [1.165, 1.54) is 19.3 Å². The molecule has 2 N–H and O–H groups in total. The van der Waals surface area contributed by atoms with Crippen LogP contribution in [-0.4, -0.2) is 47.6 Å². The number of ether oxygens (including phenoxy) is 1. The maximum Gasteiger partial charge on any atom is 0.317 e. The molecule has 0 radical (unpaired) electrons. The van der Waals surface area contributed by atoms with Gasteiger partial charge in [0.1, 0.15) is 11.4 Å². The summed E-state index contributed by atoms with van der Waals surface area (Å²) in [5.74, 6) is 0.879. The molecule has 2 atom stereocenters. The van der Waals surface area contributed by atoms with Crippen molar-refractivity contribution in [3.63, 3.8) is 0 Å². The standard InChI is InChI=1S/C27H34N4O4/c1-35-22-9-7-18(8-10-22)14-25(32)29-23-11-12-24-20-13-19(16-31(24)26(23)33)15-30(17-20)27(34)28-21-5-3-2-4-6-21/h7-12,19-21H,2-6,13-17H2,1H3,(H,28,34)(H,29,32). The molecule has 2 aromatic rings. The minimum absolute atomic E-state index is 0.0322. The molecule has 2 fully saturated rings. The lowest BCUT2D eigenvalue weighted by Crippen LogP contribution is -2.53. The van der Waals surface area contributed by atoms with Crippen molar-refractivity contribution in [3.8, 4) is 5.75 Å². The highest BCUT2D eigenvalue weighted by Crippen LogP contribution is 2.35. The average Bonchev–Trinajstić information content (AvgIpc) is 2.87. The Bertz CT molecular complexity index is 1140. The van der Waals surface area contributed by atoms with Crippen LogP contribution in [0.4, 0.5) is 10.5 Å². The Morgan fingerprint density at radius 3 is 2.51 bits per heavy atom. The minimum atomic E-state index is -0.227. The van der Waals surface area contributed by atoms with Gasteiger partial charge < -0.3 is 24.8 Å². The van der Waals surface area contributed by atoms with E-state index >= 15 is 0 Å². The Morgan fingerprint density at radius 1 is 1.00 bits per heavy atom. The van der Waals surface area contributed by atoms with Gasteiger partial charge in [0.15, 0.2) is 0 Å². The maximum atomic E-state index is 13.2. The predicted molar refractivity (Wildman–Crippen MR) is 134 cm³/mol. The van der Waals surface area contributed by atoms with Crippen molar-refractivity contribution in [2.75, 3.05) is 25.5 Å². The Balaban J connectivity index is 1.25. The summed E-state index contributed by atoms with van der Waals surface area (Å²) in [6, 6.07) is 11.3. The molecule has 1 aliphatic carbocycles. The smallest absolute Gasteiger partial charge is 0.317 e. The van der Waals surface area contributed by atoms with Crippen molar-refractivity contribution in [1.29, 1.82) is 0 Å². The van der Waals surface area contributed by atoms with E-state index in [2.05, 4.69) is 10.6 Å². The van der Waals surface area contributed by atoms with Crippen LogP contribution in [-0.2, 0) is 17.8 Å². The Morgan fingerprint density at radius 2 is 1.77 bits per heavy atom. The topological polar surface area (TPSA) is 92.7 Å². The number of anilines is 1. The number of piperidine rings is 1. The second-order valence-electron chi connectivity index (χ2n) is 10.1. The molecule has 3 amide bonds.